The van der Waals surface area contributed by atoms with Gasteiger partial charge < -0.3 is 15.8 Å². The van der Waals surface area contributed by atoms with Gasteiger partial charge in [0.05, 0.1) is 12.7 Å². The third-order valence-electron chi connectivity index (χ3n) is 4.98. The molecule has 1 fully saturated rings. The number of amides is 1. The van der Waals surface area contributed by atoms with Crippen LogP contribution in [0.1, 0.15) is 28.8 Å². The number of hydrogen-bond acceptors (Lipinski definition) is 4. The Morgan fingerprint density at radius 3 is 2.62 bits per heavy atom. The second kappa shape index (κ2) is 8.72. The van der Waals surface area contributed by atoms with Crippen LogP contribution in [0, 0.1) is 5.92 Å². The third-order valence-corrected chi connectivity index (χ3v) is 4.98. The Bertz CT molecular complexity index is 725. The van der Waals surface area contributed by atoms with E-state index in [1.807, 2.05) is 0 Å². The standard InChI is InChI=1S/C21H27N3O2/c1-26-20-13-18(22)7-8-19(20)21(25)23-14-16-9-11-24(12-10-16)15-17-5-3-2-4-6-17/h2-8,13,16H,9-12,14-15,22H2,1H3,(H,23,25). The van der Waals surface area contributed by atoms with E-state index in [4.69, 9.17) is 10.5 Å². The number of likely N-dealkylation sites (tertiary alicyclic amines) is 1. The van der Waals surface area contributed by atoms with Crippen molar-refractivity contribution in [1.29, 1.82) is 0 Å². The summed E-state index contributed by atoms with van der Waals surface area (Å²) in [4.78, 5) is 14.9. The molecule has 1 heterocycles. The molecule has 0 aromatic heterocycles. The van der Waals surface area contributed by atoms with Crippen LogP contribution in [-0.2, 0) is 6.54 Å². The number of nitrogen functional groups attached to an aromatic ring is 1. The summed E-state index contributed by atoms with van der Waals surface area (Å²) in [5.74, 6) is 0.930. The summed E-state index contributed by atoms with van der Waals surface area (Å²) in [6.07, 6.45) is 2.21. The van der Waals surface area contributed by atoms with Crippen LogP contribution in [0.15, 0.2) is 48.5 Å². The van der Waals surface area contributed by atoms with Gasteiger partial charge >= 0.3 is 0 Å². The van der Waals surface area contributed by atoms with Crippen molar-refractivity contribution >= 4 is 11.6 Å². The van der Waals surface area contributed by atoms with E-state index in [0.29, 0.717) is 29.5 Å². The van der Waals surface area contributed by atoms with E-state index >= 15 is 0 Å². The molecule has 5 heteroatoms. The van der Waals surface area contributed by atoms with Gasteiger partial charge in [0.15, 0.2) is 0 Å². The number of carbonyl (C=O) groups excluding carboxylic acids is 1. The van der Waals surface area contributed by atoms with Gasteiger partial charge in [-0.2, -0.15) is 0 Å². The molecule has 1 aliphatic heterocycles. The summed E-state index contributed by atoms with van der Waals surface area (Å²) in [7, 11) is 1.55. The molecule has 3 N–H and O–H groups in total. The molecule has 5 nitrogen and oxygen atoms in total. The summed E-state index contributed by atoms with van der Waals surface area (Å²) >= 11 is 0. The van der Waals surface area contributed by atoms with E-state index < -0.39 is 0 Å². The lowest BCUT2D eigenvalue weighted by Crippen LogP contribution is -2.38. The zero-order valence-corrected chi connectivity index (χ0v) is 15.3. The highest BCUT2D eigenvalue weighted by molar-refractivity contribution is 5.97. The maximum absolute atomic E-state index is 12.4. The normalized spacial score (nSPS) is 15.6. The summed E-state index contributed by atoms with van der Waals surface area (Å²) < 4.78 is 5.26. The number of methoxy groups -OCH3 is 1. The van der Waals surface area contributed by atoms with Gasteiger partial charge in [-0.05, 0) is 49.5 Å². The second-order valence-electron chi connectivity index (χ2n) is 6.87. The summed E-state index contributed by atoms with van der Waals surface area (Å²) in [6, 6.07) is 15.7. The van der Waals surface area contributed by atoms with Crippen molar-refractivity contribution in [2.45, 2.75) is 19.4 Å². The molecule has 2 aromatic rings. The Kier molecular flexibility index (Phi) is 6.12. The minimum absolute atomic E-state index is 0.103. The largest absolute Gasteiger partial charge is 0.496 e. The van der Waals surface area contributed by atoms with Gasteiger partial charge in [0.25, 0.3) is 5.91 Å². The Labute approximate surface area is 155 Å². The van der Waals surface area contributed by atoms with Gasteiger partial charge in [-0.25, -0.2) is 0 Å². The molecule has 26 heavy (non-hydrogen) atoms. The van der Waals surface area contributed by atoms with E-state index in [9.17, 15) is 4.79 Å². The number of piperidine rings is 1. The summed E-state index contributed by atoms with van der Waals surface area (Å²) in [6.45, 7) is 3.84. The fraction of sp³-hybridized carbons (Fsp3) is 0.381. The molecule has 3 rings (SSSR count). The maximum Gasteiger partial charge on any atom is 0.255 e. The average molecular weight is 353 g/mol. The quantitative estimate of drug-likeness (QED) is 0.784. The number of rotatable bonds is 6. The van der Waals surface area contributed by atoms with Gasteiger partial charge in [0, 0.05) is 24.8 Å². The van der Waals surface area contributed by atoms with Crippen molar-refractivity contribution in [2.75, 3.05) is 32.5 Å². The predicted octanol–water partition coefficient (Wildman–Crippen LogP) is 2.92. The highest BCUT2D eigenvalue weighted by Crippen LogP contribution is 2.22. The smallest absolute Gasteiger partial charge is 0.255 e. The van der Waals surface area contributed by atoms with Crippen LogP contribution in [0.25, 0.3) is 0 Å². The van der Waals surface area contributed by atoms with Crippen molar-refractivity contribution in [3.05, 3.63) is 59.7 Å². The van der Waals surface area contributed by atoms with Gasteiger partial charge in [0.2, 0.25) is 0 Å². The lowest BCUT2D eigenvalue weighted by Gasteiger charge is -2.32. The van der Waals surface area contributed by atoms with Crippen LogP contribution >= 0.6 is 0 Å². The predicted molar refractivity (Wildman–Crippen MR) is 104 cm³/mol. The highest BCUT2D eigenvalue weighted by Gasteiger charge is 2.20. The molecule has 1 aliphatic rings. The number of ether oxygens (including phenoxy) is 1. The highest BCUT2D eigenvalue weighted by atomic mass is 16.5. The Morgan fingerprint density at radius 2 is 1.92 bits per heavy atom. The molecule has 0 unspecified atom stereocenters. The van der Waals surface area contributed by atoms with Crippen molar-refractivity contribution in [3.63, 3.8) is 0 Å². The van der Waals surface area contributed by atoms with Crippen LogP contribution in [0.4, 0.5) is 5.69 Å². The van der Waals surface area contributed by atoms with E-state index in [-0.39, 0.29) is 5.91 Å². The number of nitrogens with zero attached hydrogens (tertiary/aromatic N) is 1. The molecular formula is C21H27N3O2. The Hall–Kier alpha value is -2.53. The number of benzene rings is 2. The molecule has 1 saturated heterocycles. The van der Waals surface area contributed by atoms with Crippen molar-refractivity contribution in [1.82, 2.24) is 10.2 Å². The zero-order chi connectivity index (χ0) is 18.4. The molecule has 0 radical (unpaired) electrons. The molecule has 138 valence electrons. The Balaban J connectivity index is 1.46. The van der Waals surface area contributed by atoms with Crippen molar-refractivity contribution in [2.24, 2.45) is 5.92 Å². The fourth-order valence-electron chi connectivity index (χ4n) is 3.42. The topological polar surface area (TPSA) is 67.6 Å². The molecule has 1 amide bonds. The van der Waals surface area contributed by atoms with Gasteiger partial charge in [-0.1, -0.05) is 30.3 Å². The van der Waals surface area contributed by atoms with Crippen LogP contribution < -0.4 is 15.8 Å². The van der Waals surface area contributed by atoms with Crippen molar-refractivity contribution < 1.29 is 9.53 Å². The zero-order valence-electron chi connectivity index (χ0n) is 15.3. The van der Waals surface area contributed by atoms with Gasteiger partial charge in [0.1, 0.15) is 5.75 Å². The molecule has 0 spiro atoms. The maximum atomic E-state index is 12.4. The Morgan fingerprint density at radius 1 is 1.19 bits per heavy atom. The van der Waals surface area contributed by atoms with E-state index in [1.54, 1.807) is 25.3 Å². The number of nitrogens with one attached hydrogen (secondary N) is 1. The SMILES string of the molecule is COc1cc(N)ccc1C(=O)NCC1CCN(Cc2ccccc2)CC1. The lowest BCUT2D eigenvalue weighted by molar-refractivity contribution is 0.0932. The van der Waals surface area contributed by atoms with E-state index in [2.05, 4.69) is 40.5 Å². The average Bonchev–Trinajstić information content (AvgIpc) is 2.68. The van der Waals surface area contributed by atoms with E-state index in [1.165, 1.54) is 5.56 Å². The first-order valence-electron chi connectivity index (χ1n) is 9.13. The molecular weight excluding hydrogens is 326 g/mol. The number of carbonyl (C=O) groups is 1. The monoisotopic (exact) mass is 353 g/mol. The van der Waals surface area contributed by atoms with Crippen molar-refractivity contribution in [3.8, 4) is 5.75 Å². The first-order chi connectivity index (χ1) is 12.7. The second-order valence-corrected chi connectivity index (χ2v) is 6.87. The lowest BCUT2D eigenvalue weighted by atomic mass is 9.96. The number of hydrogen-bond donors (Lipinski definition) is 2. The molecule has 0 aliphatic carbocycles. The first kappa shape index (κ1) is 18.3. The van der Waals surface area contributed by atoms with Crippen LogP contribution in [0.5, 0.6) is 5.75 Å². The third kappa shape index (κ3) is 4.76. The van der Waals surface area contributed by atoms with Gasteiger partial charge in [-0.15, -0.1) is 0 Å². The molecule has 0 atom stereocenters. The molecule has 2 aromatic carbocycles. The van der Waals surface area contributed by atoms with E-state index in [0.717, 1.165) is 32.5 Å². The first-order valence-corrected chi connectivity index (χ1v) is 9.13. The van der Waals surface area contributed by atoms with Crippen LogP contribution in [0.2, 0.25) is 0 Å². The van der Waals surface area contributed by atoms with Crippen LogP contribution in [0.3, 0.4) is 0 Å². The fourth-order valence-corrected chi connectivity index (χ4v) is 3.42. The molecule has 0 saturated carbocycles. The van der Waals surface area contributed by atoms with Crippen LogP contribution in [-0.4, -0.2) is 37.6 Å². The number of nitrogens with two attached hydrogens (primary N) is 1. The number of anilines is 1. The molecule has 0 bridgehead atoms. The summed E-state index contributed by atoms with van der Waals surface area (Å²) in [5.41, 5.74) is 8.22. The summed E-state index contributed by atoms with van der Waals surface area (Å²) in [5, 5.41) is 3.05. The van der Waals surface area contributed by atoms with Gasteiger partial charge in [-0.3, -0.25) is 9.69 Å². The minimum Gasteiger partial charge on any atom is -0.496 e. The minimum atomic E-state index is -0.103.